The van der Waals surface area contributed by atoms with Gasteiger partial charge in [-0.2, -0.15) is 0 Å². The van der Waals surface area contributed by atoms with Crippen molar-refractivity contribution in [2.75, 3.05) is 7.11 Å². The largest absolute Gasteiger partial charge is 0.497 e. The van der Waals surface area contributed by atoms with Crippen LogP contribution in [0.1, 0.15) is 28.9 Å². The minimum Gasteiger partial charge on any atom is -0.497 e. The van der Waals surface area contributed by atoms with Gasteiger partial charge in [0.25, 0.3) is 5.91 Å². The van der Waals surface area contributed by atoms with E-state index in [1.807, 2.05) is 25.1 Å². The fourth-order valence-corrected chi connectivity index (χ4v) is 2.73. The molecule has 0 saturated heterocycles. The zero-order valence-electron chi connectivity index (χ0n) is 13.2. The van der Waals surface area contributed by atoms with Crippen LogP contribution in [0, 0.1) is 0 Å². The monoisotopic (exact) mass is 305 g/mol. The van der Waals surface area contributed by atoms with Crippen molar-refractivity contribution >= 4 is 16.7 Å². The summed E-state index contributed by atoms with van der Waals surface area (Å²) in [6, 6.07) is 21.4. The van der Waals surface area contributed by atoms with Gasteiger partial charge in [-0.05, 0) is 47.5 Å². The highest BCUT2D eigenvalue weighted by Gasteiger charge is 2.13. The number of nitrogens with one attached hydrogen (secondary N) is 1. The van der Waals surface area contributed by atoms with Crippen molar-refractivity contribution < 1.29 is 9.53 Å². The second-order valence-electron chi connectivity index (χ2n) is 5.49. The molecule has 0 spiro atoms. The van der Waals surface area contributed by atoms with Gasteiger partial charge in [0, 0.05) is 5.56 Å². The molecule has 0 aliphatic carbocycles. The maximum absolute atomic E-state index is 12.4. The molecule has 0 radical (unpaired) electrons. The van der Waals surface area contributed by atoms with Gasteiger partial charge in [-0.25, -0.2) is 0 Å². The van der Waals surface area contributed by atoms with Gasteiger partial charge >= 0.3 is 0 Å². The highest BCUT2D eigenvalue weighted by atomic mass is 16.5. The topological polar surface area (TPSA) is 38.3 Å². The van der Waals surface area contributed by atoms with E-state index in [1.165, 1.54) is 5.39 Å². The molecule has 23 heavy (non-hydrogen) atoms. The fraction of sp³-hybridized carbons (Fsp3) is 0.150. The predicted molar refractivity (Wildman–Crippen MR) is 92.8 cm³/mol. The number of methoxy groups -OCH3 is 1. The van der Waals surface area contributed by atoms with Crippen molar-refractivity contribution in [3.8, 4) is 5.75 Å². The number of amides is 1. The lowest BCUT2D eigenvalue weighted by atomic mass is 9.99. The molecule has 1 unspecified atom stereocenters. The third kappa shape index (κ3) is 3.19. The molecule has 0 saturated carbocycles. The van der Waals surface area contributed by atoms with Crippen molar-refractivity contribution in [1.29, 1.82) is 0 Å². The lowest BCUT2D eigenvalue weighted by Gasteiger charge is -2.17. The molecule has 3 nitrogen and oxygen atoms in total. The smallest absolute Gasteiger partial charge is 0.251 e. The molecule has 116 valence electrons. The van der Waals surface area contributed by atoms with Crippen LogP contribution in [0.15, 0.2) is 66.7 Å². The molecule has 1 N–H and O–H groups in total. The molecule has 1 atom stereocenters. The van der Waals surface area contributed by atoms with E-state index >= 15 is 0 Å². The summed E-state index contributed by atoms with van der Waals surface area (Å²) in [5.41, 5.74) is 1.74. The summed E-state index contributed by atoms with van der Waals surface area (Å²) in [4.78, 5) is 12.4. The van der Waals surface area contributed by atoms with Crippen LogP contribution >= 0.6 is 0 Å². The summed E-state index contributed by atoms with van der Waals surface area (Å²) in [6.45, 7) is 2.00. The Morgan fingerprint density at radius 2 is 1.65 bits per heavy atom. The molecular formula is C20H19NO2. The standard InChI is InChI=1S/C20H19NO2/c1-14(18-9-5-7-15-6-3-4-8-19(15)18)21-20(22)16-10-12-17(23-2)13-11-16/h3-14H,1-2H3,(H,21,22). The third-order valence-corrected chi connectivity index (χ3v) is 3.99. The summed E-state index contributed by atoms with van der Waals surface area (Å²) < 4.78 is 5.12. The number of carbonyl (C=O) groups is 1. The van der Waals surface area contributed by atoms with Gasteiger partial charge in [0.05, 0.1) is 13.2 Å². The van der Waals surface area contributed by atoms with Gasteiger partial charge in [-0.3, -0.25) is 4.79 Å². The van der Waals surface area contributed by atoms with Gasteiger partial charge in [-0.15, -0.1) is 0 Å². The Kier molecular flexibility index (Phi) is 4.29. The Balaban J connectivity index is 1.82. The summed E-state index contributed by atoms with van der Waals surface area (Å²) in [7, 11) is 1.61. The first kappa shape index (κ1) is 15.1. The average molecular weight is 305 g/mol. The second kappa shape index (κ2) is 6.53. The van der Waals surface area contributed by atoms with E-state index in [9.17, 15) is 4.79 Å². The minimum absolute atomic E-state index is 0.0734. The number of fused-ring (bicyclic) bond motifs is 1. The summed E-state index contributed by atoms with van der Waals surface area (Å²) in [6.07, 6.45) is 0. The molecule has 0 aliphatic heterocycles. The highest BCUT2D eigenvalue weighted by molar-refractivity contribution is 5.95. The number of ether oxygens (including phenoxy) is 1. The number of hydrogen-bond acceptors (Lipinski definition) is 2. The zero-order valence-corrected chi connectivity index (χ0v) is 13.2. The van der Waals surface area contributed by atoms with Crippen LogP contribution in [0.2, 0.25) is 0 Å². The highest BCUT2D eigenvalue weighted by Crippen LogP contribution is 2.24. The Hall–Kier alpha value is -2.81. The van der Waals surface area contributed by atoms with Crippen LogP contribution in [-0.2, 0) is 0 Å². The SMILES string of the molecule is COc1ccc(C(=O)NC(C)c2cccc3ccccc23)cc1. The predicted octanol–water partition coefficient (Wildman–Crippen LogP) is 4.34. The van der Waals surface area contributed by atoms with Crippen molar-refractivity contribution in [2.24, 2.45) is 0 Å². The van der Waals surface area contributed by atoms with Gasteiger partial charge in [0.1, 0.15) is 5.75 Å². The molecular weight excluding hydrogens is 286 g/mol. The Labute approximate surface area is 135 Å². The van der Waals surface area contributed by atoms with E-state index in [0.717, 1.165) is 16.7 Å². The molecule has 3 heteroatoms. The molecule has 3 aromatic carbocycles. The van der Waals surface area contributed by atoms with Gasteiger partial charge in [0.2, 0.25) is 0 Å². The molecule has 0 fully saturated rings. The van der Waals surface area contributed by atoms with Crippen molar-refractivity contribution in [1.82, 2.24) is 5.32 Å². The van der Waals surface area contributed by atoms with E-state index in [1.54, 1.807) is 31.4 Å². The maximum atomic E-state index is 12.4. The number of carbonyl (C=O) groups excluding carboxylic acids is 1. The van der Waals surface area contributed by atoms with Gasteiger partial charge < -0.3 is 10.1 Å². The molecule has 0 heterocycles. The molecule has 0 bridgehead atoms. The Bertz CT molecular complexity index is 819. The first-order chi connectivity index (χ1) is 11.2. The summed E-state index contributed by atoms with van der Waals surface area (Å²) >= 11 is 0. The van der Waals surface area contributed by atoms with E-state index in [-0.39, 0.29) is 11.9 Å². The lowest BCUT2D eigenvalue weighted by Crippen LogP contribution is -2.26. The van der Waals surface area contributed by atoms with Crippen molar-refractivity contribution in [2.45, 2.75) is 13.0 Å². The Morgan fingerprint density at radius 1 is 0.957 bits per heavy atom. The molecule has 0 aliphatic rings. The molecule has 3 aromatic rings. The minimum atomic E-state index is -0.0897. The third-order valence-electron chi connectivity index (χ3n) is 3.99. The summed E-state index contributed by atoms with van der Waals surface area (Å²) in [5, 5.41) is 5.40. The normalized spacial score (nSPS) is 11.9. The molecule has 3 rings (SSSR count). The zero-order chi connectivity index (χ0) is 16.2. The quantitative estimate of drug-likeness (QED) is 0.778. The molecule has 1 amide bonds. The van der Waals surface area contributed by atoms with Gasteiger partial charge in [0.15, 0.2) is 0 Å². The first-order valence-corrected chi connectivity index (χ1v) is 7.61. The van der Waals surface area contributed by atoms with Crippen LogP contribution < -0.4 is 10.1 Å². The first-order valence-electron chi connectivity index (χ1n) is 7.61. The Morgan fingerprint density at radius 3 is 2.39 bits per heavy atom. The van der Waals surface area contributed by atoms with E-state index in [0.29, 0.717) is 5.56 Å². The van der Waals surface area contributed by atoms with Crippen molar-refractivity contribution in [3.05, 3.63) is 77.9 Å². The van der Waals surface area contributed by atoms with E-state index in [2.05, 4.69) is 29.6 Å². The number of benzene rings is 3. The van der Waals surface area contributed by atoms with Crippen LogP contribution in [0.3, 0.4) is 0 Å². The van der Waals surface area contributed by atoms with Crippen LogP contribution in [0.25, 0.3) is 10.8 Å². The molecule has 0 aromatic heterocycles. The van der Waals surface area contributed by atoms with E-state index in [4.69, 9.17) is 4.74 Å². The lowest BCUT2D eigenvalue weighted by molar-refractivity contribution is 0.0940. The van der Waals surface area contributed by atoms with Crippen molar-refractivity contribution in [3.63, 3.8) is 0 Å². The fourth-order valence-electron chi connectivity index (χ4n) is 2.73. The average Bonchev–Trinajstić information content (AvgIpc) is 2.61. The number of rotatable bonds is 4. The van der Waals surface area contributed by atoms with Crippen LogP contribution in [0.4, 0.5) is 0 Å². The maximum Gasteiger partial charge on any atom is 0.251 e. The van der Waals surface area contributed by atoms with Crippen LogP contribution in [-0.4, -0.2) is 13.0 Å². The van der Waals surface area contributed by atoms with E-state index < -0.39 is 0 Å². The van der Waals surface area contributed by atoms with Gasteiger partial charge in [-0.1, -0.05) is 42.5 Å². The second-order valence-corrected chi connectivity index (χ2v) is 5.49. The summed E-state index contributed by atoms with van der Waals surface area (Å²) in [5.74, 6) is 0.650. The van der Waals surface area contributed by atoms with Crippen LogP contribution in [0.5, 0.6) is 5.75 Å². The number of hydrogen-bond donors (Lipinski definition) is 1.